The molecule has 1 aromatic rings. The van der Waals surface area contributed by atoms with E-state index in [2.05, 4.69) is 21.0 Å². The number of carbonyl (C=O) groups is 1. The summed E-state index contributed by atoms with van der Waals surface area (Å²) in [7, 11) is 0. The van der Waals surface area contributed by atoms with Gasteiger partial charge in [0.25, 0.3) is 0 Å². The Morgan fingerprint density at radius 3 is 2.50 bits per heavy atom. The van der Waals surface area contributed by atoms with Crippen molar-refractivity contribution in [1.82, 2.24) is 14.7 Å². The third-order valence-corrected chi connectivity index (χ3v) is 4.73. The van der Waals surface area contributed by atoms with Gasteiger partial charge in [-0.2, -0.15) is 5.10 Å². The van der Waals surface area contributed by atoms with Crippen LogP contribution in [0.1, 0.15) is 31.2 Å². The summed E-state index contributed by atoms with van der Waals surface area (Å²) in [5.41, 5.74) is 2.07. The van der Waals surface area contributed by atoms with Gasteiger partial charge in [-0.3, -0.25) is 9.48 Å². The highest BCUT2D eigenvalue weighted by molar-refractivity contribution is 9.10. The lowest BCUT2D eigenvalue weighted by Gasteiger charge is -2.20. The van der Waals surface area contributed by atoms with Crippen LogP contribution in [0.4, 0.5) is 0 Å². The largest absolute Gasteiger partial charge is 0.342 e. The predicted octanol–water partition coefficient (Wildman–Crippen LogP) is 2.52. The van der Waals surface area contributed by atoms with Gasteiger partial charge in [0.15, 0.2) is 0 Å². The smallest absolute Gasteiger partial charge is 0.227 e. The van der Waals surface area contributed by atoms with Crippen LogP contribution in [0.15, 0.2) is 4.47 Å². The third-order valence-electron chi connectivity index (χ3n) is 3.58. The highest BCUT2D eigenvalue weighted by Crippen LogP contribution is 2.21. The standard InChI is InChI=1S/C13H20BrN3O/c1-9(13(18)16-6-4-5-7-16)8-17-11(3)12(14)10(2)15-17/h9H,4-8H2,1-3H3/t9-/m0/s1. The van der Waals surface area contributed by atoms with Gasteiger partial charge in [0, 0.05) is 18.8 Å². The average Bonchev–Trinajstić information content (AvgIpc) is 2.94. The fraction of sp³-hybridized carbons (Fsp3) is 0.692. The first kappa shape index (κ1) is 13.6. The summed E-state index contributed by atoms with van der Waals surface area (Å²) in [6, 6.07) is 0. The Bertz CT molecular complexity index is 449. The van der Waals surface area contributed by atoms with Crippen LogP contribution in [0, 0.1) is 19.8 Å². The van der Waals surface area contributed by atoms with E-state index in [0.717, 1.165) is 41.8 Å². The Kier molecular flexibility index (Phi) is 4.10. The molecule has 1 aliphatic rings. The number of halogens is 1. The van der Waals surface area contributed by atoms with Crippen molar-refractivity contribution in [1.29, 1.82) is 0 Å². The minimum absolute atomic E-state index is 0.00648. The van der Waals surface area contributed by atoms with Crippen molar-refractivity contribution in [2.24, 2.45) is 5.92 Å². The van der Waals surface area contributed by atoms with E-state index in [4.69, 9.17) is 0 Å². The molecule has 1 aliphatic heterocycles. The van der Waals surface area contributed by atoms with Gasteiger partial charge in [-0.1, -0.05) is 6.92 Å². The number of hydrogen-bond acceptors (Lipinski definition) is 2. The SMILES string of the molecule is Cc1nn(C[C@H](C)C(=O)N2CCCC2)c(C)c1Br. The first-order chi connectivity index (χ1) is 8.50. The van der Waals surface area contributed by atoms with Crippen LogP contribution < -0.4 is 0 Å². The molecule has 1 aromatic heterocycles. The zero-order chi connectivity index (χ0) is 13.3. The second-order valence-corrected chi connectivity index (χ2v) is 5.89. The van der Waals surface area contributed by atoms with Crippen LogP contribution in [0.3, 0.4) is 0 Å². The fourth-order valence-corrected chi connectivity index (χ4v) is 2.72. The second-order valence-electron chi connectivity index (χ2n) is 5.10. The summed E-state index contributed by atoms with van der Waals surface area (Å²) in [5.74, 6) is 0.254. The van der Waals surface area contributed by atoms with Crippen molar-refractivity contribution < 1.29 is 4.79 Å². The van der Waals surface area contributed by atoms with Crippen molar-refractivity contribution in [2.45, 2.75) is 40.2 Å². The summed E-state index contributed by atoms with van der Waals surface area (Å²) in [6.45, 7) is 8.49. The number of hydrogen-bond donors (Lipinski definition) is 0. The van der Waals surface area contributed by atoms with Gasteiger partial charge in [-0.25, -0.2) is 0 Å². The minimum atomic E-state index is -0.00648. The molecule has 0 bridgehead atoms. The lowest BCUT2D eigenvalue weighted by atomic mass is 10.1. The molecule has 1 fully saturated rings. The molecule has 18 heavy (non-hydrogen) atoms. The van der Waals surface area contributed by atoms with Crippen molar-refractivity contribution in [2.75, 3.05) is 13.1 Å². The van der Waals surface area contributed by atoms with Gasteiger partial charge in [0.2, 0.25) is 5.91 Å². The van der Waals surface area contributed by atoms with Crippen LogP contribution >= 0.6 is 15.9 Å². The first-order valence-corrected chi connectivity index (χ1v) is 7.28. The molecule has 4 nitrogen and oxygen atoms in total. The molecule has 0 radical (unpaired) electrons. The van der Waals surface area contributed by atoms with Crippen LogP contribution in [0.25, 0.3) is 0 Å². The topological polar surface area (TPSA) is 38.1 Å². The molecule has 100 valence electrons. The Morgan fingerprint density at radius 1 is 1.39 bits per heavy atom. The Hall–Kier alpha value is -0.840. The molecule has 1 atom stereocenters. The van der Waals surface area contributed by atoms with Gasteiger partial charge in [-0.05, 0) is 42.6 Å². The maximum atomic E-state index is 12.2. The molecular formula is C13H20BrN3O. The quantitative estimate of drug-likeness (QED) is 0.860. The molecule has 0 N–H and O–H groups in total. The molecule has 2 rings (SSSR count). The van der Waals surface area contributed by atoms with E-state index in [1.54, 1.807) is 0 Å². The lowest BCUT2D eigenvalue weighted by Crippen LogP contribution is -2.34. The predicted molar refractivity (Wildman–Crippen MR) is 74.4 cm³/mol. The van der Waals surface area contributed by atoms with Crippen LogP contribution in [-0.2, 0) is 11.3 Å². The van der Waals surface area contributed by atoms with Crippen molar-refractivity contribution >= 4 is 21.8 Å². The second kappa shape index (κ2) is 5.43. The van der Waals surface area contributed by atoms with Crippen molar-refractivity contribution in [3.8, 4) is 0 Å². The normalized spacial score (nSPS) is 17.2. The fourth-order valence-electron chi connectivity index (χ4n) is 2.44. The third kappa shape index (κ3) is 2.60. The summed E-state index contributed by atoms with van der Waals surface area (Å²) >= 11 is 3.51. The monoisotopic (exact) mass is 313 g/mol. The summed E-state index contributed by atoms with van der Waals surface area (Å²) < 4.78 is 2.97. The number of aromatic nitrogens is 2. The Labute approximate surface area is 116 Å². The molecule has 5 heteroatoms. The maximum Gasteiger partial charge on any atom is 0.227 e. The minimum Gasteiger partial charge on any atom is -0.342 e. The zero-order valence-electron chi connectivity index (χ0n) is 11.2. The highest BCUT2D eigenvalue weighted by atomic mass is 79.9. The number of aryl methyl sites for hydroxylation is 1. The number of amides is 1. The molecule has 0 spiro atoms. The molecule has 1 saturated heterocycles. The van der Waals surface area contributed by atoms with E-state index < -0.39 is 0 Å². The summed E-state index contributed by atoms with van der Waals surface area (Å²) in [6.07, 6.45) is 2.29. The first-order valence-electron chi connectivity index (χ1n) is 6.49. The van der Waals surface area contributed by atoms with E-state index in [1.807, 2.05) is 30.4 Å². The van der Waals surface area contributed by atoms with E-state index in [0.29, 0.717) is 6.54 Å². The number of carbonyl (C=O) groups excluding carboxylic acids is 1. The van der Waals surface area contributed by atoms with Crippen LogP contribution in [0.5, 0.6) is 0 Å². The van der Waals surface area contributed by atoms with E-state index in [-0.39, 0.29) is 11.8 Å². The van der Waals surface area contributed by atoms with Crippen molar-refractivity contribution in [3.05, 3.63) is 15.9 Å². The lowest BCUT2D eigenvalue weighted by molar-refractivity contribution is -0.134. The molecule has 2 heterocycles. The summed E-state index contributed by atoms with van der Waals surface area (Å²) in [4.78, 5) is 14.2. The molecule has 0 aromatic carbocycles. The molecule has 0 unspecified atom stereocenters. The number of likely N-dealkylation sites (tertiary alicyclic amines) is 1. The Morgan fingerprint density at radius 2 is 2.00 bits per heavy atom. The number of nitrogens with zero attached hydrogens (tertiary/aromatic N) is 3. The van der Waals surface area contributed by atoms with Gasteiger partial charge in [0.05, 0.1) is 22.6 Å². The van der Waals surface area contributed by atoms with Gasteiger partial charge in [0.1, 0.15) is 0 Å². The maximum absolute atomic E-state index is 12.2. The van der Waals surface area contributed by atoms with Crippen LogP contribution in [0.2, 0.25) is 0 Å². The number of rotatable bonds is 3. The van der Waals surface area contributed by atoms with E-state index >= 15 is 0 Å². The molecular weight excluding hydrogens is 294 g/mol. The van der Waals surface area contributed by atoms with Crippen LogP contribution in [-0.4, -0.2) is 33.7 Å². The summed E-state index contributed by atoms with van der Waals surface area (Å²) in [5, 5.41) is 4.46. The molecule has 0 saturated carbocycles. The van der Waals surface area contributed by atoms with Gasteiger partial charge < -0.3 is 4.90 Å². The van der Waals surface area contributed by atoms with Gasteiger partial charge in [-0.15, -0.1) is 0 Å². The van der Waals surface area contributed by atoms with Gasteiger partial charge >= 0.3 is 0 Å². The van der Waals surface area contributed by atoms with E-state index in [1.165, 1.54) is 0 Å². The highest BCUT2D eigenvalue weighted by Gasteiger charge is 2.24. The van der Waals surface area contributed by atoms with Crippen molar-refractivity contribution in [3.63, 3.8) is 0 Å². The molecule has 0 aliphatic carbocycles. The zero-order valence-corrected chi connectivity index (χ0v) is 12.8. The molecule has 1 amide bonds. The average molecular weight is 314 g/mol. The van der Waals surface area contributed by atoms with E-state index in [9.17, 15) is 4.79 Å². The Balaban J connectivity index is 2.04.